The van der Waals surface area contributed by atoms with Crippen molar-refractivity contribution in [3.63, 3.8) is 0 Å². The molecule has 8 nitrogen and oxygen atoms in total. The number of carboxylic acids is 1. The number of carbonyl (C=O) groups is 2. The van der Waals surface area contributed by atoms with Gasteiger partial charge in [0.05, 0.1) is 15.7 Å². The Balaban J connectivity index is 1.44. The van der Waals surface area contributed by atoms with Gasteiger partial charge in [0.2, 0.25) is 5.91 Å². The van der Waals surface area contributed by atoms with Crippen LogP contribution in [0.15, 0.2) is 42.5 Å². The van der Waals surface area contributed by atoms with Crippen molar-refractivity contribution in [2.24, 2.45) is 5.92 Å². The molecule has 3 unspecified atom stereocenters. The van der Waals surface area contributed by atoms with Gasteiger partial charge in [-0.3, -0.25) is 14.5 Å². The predicted molar refractivity (Wildman–Crippen MR) is 135 cm³/mol. The monoisotopic (exact) mass is 524 g/mol. The maximum Gasteiger partial charge on any atom is 0.303 e. The summed E-state index contributed by atoms with van der Waals surface area (Å²) < 4.78 is 11.8. The number of likely N-dealkylation sites (tertiary alicyclic amines) is 1. The lowest BCUT2D eigenvalue weighted by Gasteiger charge is -2.21. The second kappa shape index (κ2) is 13.0. The molecule has 2 aromatic rings. The number of aliphatic carboxylic acids is 1. The van der Waals surface area contributed by atoms with E-state index in [0.717, 1.165) is 13.0 Å². The molecule has 1 amide bonds. The highest BCUT2D eigenvalue weighted by Crippen LogP contribution is 2.28. The zero-order valence-corrected chi connectivity index (χ0v) is 21.0. The molecule has 3 atom stereocenters. The van der Waals surface area contributed by atoms with Crippen molar-refractivity contribution in [2.45, 2.75) is 38.4 Å². The topological polar surface area (TPSA) is 108 Å². The summed E-state index contributed by atoms with van der Waals surface area (Å²) in [6, 6.07) is 12.1. The maximum absolute atomic E-state index is 12.3. The summed E-state index contributed by atoms with van der Waals surface area (Å²) in [6.45, 7) is 3.63. The quantitative estimate of drug-likeness (QED) is 0.379. The zero-order valence-electron chi connectivity index (χ0n) is 19.5. The lowest BCUT2D eigenvalue weighted by molar-refractivity contribution is -0.138. The molecule has 0 bridgehead atoms. The van der Waals surface area contributed by atoms with Crippen LogP contribution in [0.5, 0.6) is 11.5 Å². The maximum atomic E-state index is 12.3. The van der Waals surface area contributed by atoms with Crippen LogP contribution in [0.25, 0.3) is 0 Å². The van der Waals surface area contributed by atoms with Crippen LogP contribution in [0, 0.1) is 5.92 Å². The second-order valence-corrected chi connectivity index (χ2v) is 9.59. The first kappa shape index (κ1) is 27.1. The fourth-order valence-corrected chi connectivity index (χ4v) is 4.21. The molecule has 35 heavy (non-hydrogen) atoms. The molecule has 3 N–H and O–H groups in total. The summed E-state index contributed by atoms with van der Waals surface area (Å²) in [6.07, 6.45) is 0.0817. The van der Waals surface area contributed by atoms with Crippen LogP contribution in [0.4, 0.5) is 5.69 Å². The van der Waals surface area contributed by atoms with E-state index >= 15 is 0 Å². The minimum absolute atomic E-state index is 0.0141. The normalized spacial score (nSPS) is 17.5. The SMILES string of the molecule is CC(CC(=O)O)CC(=O)Nc1ccccc1OCC(O)CN1CCC(Oc2ccc(Cl)c(Cl)c2)C1. The average molecular weight is 525 g/mol. The molecule has 1 saturated heterocycles. The number of hydrogen-bond acceptors (Lipinski definition) is 6. The molecule has 0 radical (unpaired) electrons. The molecular formula is C25H30Cl2N2O6. The smallest absolute Gasteiger partial charge is 0.303 e. The third-order valence-corrected chi connectivity index (χ3v) is 6.28. The van der Waals surface area contributed by atoms with E-state index < -0.39 is 12.1 Å². The van der Waals surface area contributed by atoms with Gasteiger partial charge in [-0.2, -0.15) is 0 Å². The number of benzene rings is 2. The lowest BCUT2D eigenvalue weighted by atomic mass is 10.0. The van der Waals surface area contributed by atoms with Gasteiger partial charge in [0.1, 0.15) is 30.3 Å². The molecule has 0 saturated carbocycles. The minimum Gasteiger partial charge on any atom is -0.489 e. The molecule has 1 fully saturated rings. The van der Waals surface area contributed by atoms with Gasteiger partial charge < -0.3 is 25.0 Å². The summed E-state index contributed by atoms with van der Waals surface area (Å²) in [5.41, 5.74) is 0.475. The molecule has 1 aliphatic rings. The molecule has 0 spiro atoms. The Morgan fingerprint density at radius 1 is 1.17 bits per heavy atom. The summed E-state index contributed by atoms with van der Waals surface area (Å²) in [4.78, 5) is 25.2. The molecule has 190 valence electrons. The standard InChI is InChI=1S/C25H30Cl2N2O6/c1-16(11-25(32)33)10-24(31)28-22-4-2-3-5-23(22)34-15-17(30)13-29-9-8-19(14-29)35-18-6-7-20(26)21(27)12-18/h2-7,12,16-17,19,30H,8-11,13-15H2,1H3,(H,28,31)(H,32,33). The first-order chi connectivity index (χ1) is 16.7. The number of aliphatic hydroxyl groups excluding tert-OH is 1. The summed E-state index contributed by atoms with van der Waals surface area (Å²) >= 11 is 12.0. The van der Waals surface area contributed by atoms with Crippen molar-refractivity contribution in [1.82, 2.24) is 4.90 Å². The van der Waals surface area contributed by atoms with E-state index in [4.69, 9.17) is 37.8 Å². The Bertz CT molecular complexity index is 1020. The van der Waals surface area contributed by atoms with Crippen LogP contribution in [0.2, 0.25) is 10.0 Å². The van der Waals surface area contributed by atoms with Crippen molar-refractivity contribution in [3.05, 3.63) is 52.5 Å². The van der Waals surface area contributed by atoms with Crippen molar-refractivity contribution >= 4 is 40.8 Å². The minimum atomic E-state index is -0.937. The Kier molecular flexibility index (Phi) is 10.0. The number of aliphatic hydroxyl groups is 1. The van der Waals surface area contributed by atoms with Crippen molar-refractivity contribution < 1.29 is 29.3 Å². The van der Waals surface area contributed by atoms with Gasteiger partial charge in [0.15, 0.2) is 0 Å². The molecule has 3 rings (SSSR count). The number of hydrogen-bond donors (Lipinski definition) is 3. The highest BCUT2D eigenvalue weighted by atomic mass is 35.5. The number of nitrogens with one attached hydrogen (secondary N) is 1. The molecule has 10 heteroatoms. The highest BCUT2D eigenvalue weighted by molar-refractivity contribution is 6.42. The van der Waals surface area contributed by atoms with Crippen LogP contribution in [-0.2, 0) is 9.59 Å². The van der Waals surface area contributed by atoms with Gasteiger partial charge in [-0.05, 0) is 36.6 Å². The zero-order chi connectivity index (χ0) is 25.4. The lowest BCUT2D eigenvalue weighted by Crippen LogP contribution is -2.35. The molecular weight excluding hydrogens is 495 g/mol. The number of nitrogens with zero attached hydrogens (tertiary/aromatic N) is 1. The second-order valence-electron chi connectivity index (χ2n) is 8.78. The van der Waals surface area contributed by atoms with Crippen LogP contribution in [0.1, 0.15) is 26.2 Å². The summed E-state index contributed by atoms with van der Waals surface area (Å²) in [5, 5.41) is 23.0. The van der Waals surface area contributed by atoms with E-state index in [0.29, 0.717) is 40.3 Å². The third-order valence-electron chi connectivity index (χ3n) is 5.54. The molecule has 0 aliphatic carbocycles. The molecule has 1 heterocycles. The number of para-hydroxylation sites is 2. The summed E-state index contributed by atoms with van der Waals surface area (Å²) in [5.74, 6) is -0.416. The number of halogens is 2. The molecule has 1 aliphatic heterocycles. The Morgan fingerprint density at radius 2 is 1.94 bits per heavy atom. The fraction of sp³-hybridized carbons (Fsp3) is 0.440. The van der Waals surface area contributed by atoms with Gasteiger partial charge >= 0.3 is 5.97 Å². The number of rotatable bonds is 12. The average Bonchev–Trinajstić information content (AvgIpc) is 3.21. The molecule has 2 aromatic carbocycles. The predicted octanol–water partition coefficient (Wildman–Crippen LogP) is 4.33. The van der Waals surface area contributed by atoms with Gasteiger partial charge in [0.25, 0.3) is 0 Å². The van der Waals surface area contributed by atoms with E-state index in [1.54, 1.807) is 49.4 Å². The number of carboxylic acid groups (broad SMARTS) is 1. The van der Waals surface area contributed by atoms with E-state index in [-0.39, 0.29) is 37.4 Å². The van der Waals surface area contributed by atoms with Crippen LogP contribution in [-0.4, -0.2) is 65.4 Å². The van der Waals surface area contributed by atoms with Crippen LogP contribution in [0.3, 0.4) is 0 Å². The van der Waals surface area contributed by atoms with Gasteiger partial charge in [-0.15, -0.1) is 0 Å². The molecule has 0 aromatic heterocycles. The first-order valence-corrected chi connectivity index (χ1v) is 12.2. The van der Waals surface area contributed by atoms with Crippen LogP contribution >= 0.6 is 23.2 Å². The number of ether oxygens (including phenoxy) is 2. The third kappa shape index (κ3) is 8.89. The van der Waals surface area contributed by atoms with Gasteiger partial charge in [-0.25, -0.2) is 0 Å². The fourth-order valence-electron chi connectivity index (χ4n) is 3.92. The number of β-amino-alcohol motifs (C(OH)–C–C–N with tert-alkyl or cyclic N) is 1. The first-order valence-electron chi connectivity index (χ1n) is 11.4. The van der Waals surface area contributed by atoms with E-state index in [1.807, 2.05) is 0 Å². The van der Waals surface area contributed by atoms with Crippen LogP contribution < -0.4 is 14.8 Å². The van der Waals surface area contributed by atoms with E-state index in [1.165, 1.54) is 0 Å². The van der Waals surface area contributed by atoms with Gasteiger partial charge in [-0.1, -0.05) is 42.3 Å². The Hall–Kier alpha value is -2.52. The number of carbonyl (C=O) groups excluding carboxylic acids is 1. The summed E-state index contributed by atoms with van der Waals surface area (Å²) in [7, 11) is 0. The Labute approximate surface area is 214 Å². The highest BCUT2D eigenvalue weighted by Gasteiger charge is 2.26. The number of anilines is 1. The van der Waals surface area contributed by atoms with Crippen molar-refractivity contribution in [2.75, 3.05) is 31.6 Å². The van der Waals surface area contributed by atoms with Crippen molar-refractivity contribution in [1.29, 1.82) is 0 Å². The van der Waals surface area contributed by atoms with E-state index in [9.17, 15) is 14.7 Å². The van der Waals surface area contributed by atoms with E-state index in [2.05, 4.69) is 10.2 Å². The largest absolute Gasteiger partial charge is 0.489 e. The van der Waals surface area contributed by atoms with Gasteiger partial charge in [0, 0.05) is 38.5 Å². The van der Waals surface area contributed by atoms with Crippen molar-refractivity contribution in [3.8, 4) is 11.5 Å². The number of amides is 1. The Morgan fingerprint density at radius 3 is 2.69 bits per heavy atom.